The summed E-state index contributed by atoms with van der Waals surface area (Å²) in [5.74, 6) is 1.04. The van der Waals surface area contributed by atoms with Gasteiger partial charge in [-0.2, -0.15) is 0 Å². The average Bonchev–Trinajstić information content (AvgIpc) is 2.85. The van der Waals surface area contributed by atoms with Gasteiger partial charge in [-0.05, 0) is 5.92 Å². The fraction of sp³-hybridized carbons (Fsp3) is 1.00. The molecule has 0 heterocycles. The smallest absolute Gasteiger partial charge is 0.0414 e. The summed E-state index contributed by atoms with van der Waals surface area (Å²) >= 11 is 0. The van der Waals surface area contributed by atoms with Crippen LogP contribution in [0, 0.1) is 5.92 Å². The largest absolute Gasteiger partial charge is 0.0654 e. The molecule has 0 amide bonds. The summed E-state index contributed by atoms with van der Waals surface area (Å²) < 4.78 is 0. The Morgan fingerprint density at radius 3 is 0.618 bits per heavy atom. The summed E-state index contributed by atoms with van der Waals surface area (Å²) in [5, 5.41) is 0. The lowest BCUT2D eigenvalue weighted by Crippen LogP contribution is -2.01. The standard InChI is InChI=1S/C34H70/c1-4-7-10-13-16-17-18-19-20-21-24-27-30-33-34(31-28-25-22-14-11-8-5-2)32-29-26-23-15-12-9-6-3/h34H,4-33H2,1-3H3. The lowest BCUT2D eigenvalue weighted by Gasteiger charge is -2.17. The molecule has 0 radical (unpaired) electrons. The highest BCUT2D eigenvalue weighted by atomic mass is 14.1. The molecule has 0 nitrogen and oxygen atoms in total. The van der Waals surface area contributed by atoms with Crippen LogP contribution >= 0.6 is 0 Å². The zero-order chi connectivity index (χ0) is 24.8. The highest BCUT2D eigenvalue weighted by molar-refractivity contribution is 4.62. The van der Waals surface area contributed by atoms with Gasteiger partial charge in [0, 0.05) is 0 Å². The molecule has 0 aliphatic rings. The van der Waals surface area contributed by atoms with E-state index in [9.17, 15) is 0 Å². The molecule has 0 bridgehead atoms. The van der Waals surface area contributed by atoms with Crippen LogP contribution in [-0.2, 0) is 0 Å². The zero-order valence-electron chi connectivity index (χ0n) is 24.8. The van der Waals surface area contributed by atoms with Crippen molar-refractivity contribution in [3.63, 3.8) is 0 Å². The Labute approximate surface area is 219 Å². The highest BCUT2D eigenvalue weighted by Gasteiger charge is 2.09. The second kappa shape index (κ2) is 31.0. The van der Waals surface area contributed by atoms with Crippen LogP contribution < -0.4 is 0 Å². The minimum Gasteiger partial charge on any atom is -0.0654 e. The van der Waals surface area contributed by atoms with Crippen molar-refractivity contribution in [3.8, 4) is 0 Å². The van der Waals surface area contributed by atoms with E-state index >= 15 is 0 Å². The Kier molecular flexibility index (Phi) is 31.0. The number of rotatable bonds is 30. The van der Waals surface area contributed by atoms with Gasteiger partial charge in [-0.15, -0.1) is 0 Å². The van der Waals surface area contributed by atoms with Crippen molar-refractivity contribution in [1.29, 1.82) is 0 Å². The van der Waals surface area contributed by atoms with E-state index in [4.69, 9.17) is 0 Å². The third kappa shape index (κ3) is 28.2. The molecule has 0 heteroatoms. The van der Waals surface area contributed by atoms with Crippen LogP contribution in [0.1, 0.15) is 213 Å². The fourth-order valence-corrected chi connectivity index (χ4v) is 5.66. The molecule has 0 unspecified atom stereocenters. The lowest BCUT2D eigenvalue weighted by molar-refractivity contribution is 0.365. The van der Waals surface area contributed by atoms with E-state index in [0.29, 0.717) is 0 Å². The van der Waals surface area contributed by atoms with E-state index in [0.717, 1.165) is 5.92 Å². The predicted molar refractivity (Wildman–Crippen MR) is 159 cm³/mol. The first kappa shape index (κ1) is 34.0. The van der Waals surface area contributed by atoms with Gasteiger partial charge in [-0.1, -0.05) is 213 Å². The molecule has 0 atom stereocenters. The normalized spacial score (nSPS) is 11.6. The summed E-state index contributed by atoms with van der Waals surface area (Å²) in [7, 11) is 0. The Balaban J connectivity index is 3.75. The number of unbranched alkanes of at least 4 members (excludes halogenated alkanes) is 24. The van der Waals surface area contributed by atoms with Crippen molar-refractivity contribution in [3.05, 3.63) is 0 Å². The lowest BCUT2D eigenvalue weighted by atomic mass is 9.89. The molecule has 0 N–H and O–H groups in total. The maximum atomic E-state index is 2.32. The first-order chi connectivity index (χ1) is 16.8. The van der Waals surface area contributed by atoms with Crippen molar-refractivity contribution in [2.45, 2.75) is 213 Å². The van der Waals surface area contributed by atoms with Crippen molar-refractivity contribution in [1.82, 2.24) is 0 Å². The van der Waals surface area contributed by atoms with E-state index in [-0.39, 0.29) is 0 Å². The highest BCUT2D eigenvalue weighted by Crippen LogP contribution is 2.25. The Hall–Kier alpha value is 0. The topological polar surface area (TPSA) is 0 Å². The van der Waals surface area contributed by atoms with E-state index in [1.165, 1.54) is 193 Å². The number of hydrogen-bond donors (Lipinski definition) is 0. The van der Waals surface area contributed by atoms with Gasteiger partial charge < -0.3 is 0 Å². The van der Waals surface area contributed by atoms with Gasteiger partial charge in [-0.3, -0.25) is 0 Å². The monoisotopic (exact) mass is 479 g/mol. The maximum Gasteiger partial charge on any atom is -0.0414 e. The summed E-state index contributed by atoms with van der Waals surface area (Å²) in [6.07, 6.45) is 44.3. The minimum absolute atomic E-state index is 1.04. The van der Waals surface area contributed by atoms with Gasteiger partial charge in [0.15, 0.2) is 0 Å². The van der Waals surface area contributed by atoms with Crippen LogP contribution in [-0.4, -0.2) is 0 Å². The van der Waals surface area contributed by atoms with Gasteiger partial charge in [0.1, 0.15) is 0 Å². The molecule has 0 aromatic carbocycles. The molecule has 0 saturated heterocycles. The van der Waals surface area contributed by atoms with Gasteiger partial charge in [-0.25, -0.2) is 0 Å². The Bertz CT molecular complexity index is 315. The molecule has 0 rings (SSSR count). The van der Waals surface area contributed by atoms with Gasteiger partial charge in [0.05, 0.1) is 0 Å². The van der Waals surface area contributed by atoms with E-state index in [2.05, 4.69) is 20.8 Å². The van der Waals surface area contributed by atoms with Crippen molar-refractivity contribution in [2.75, 3.05) is 0 Å². The van der Waals surface area contributed by atoms with Crippen molar-refractivity contribution < 1.29 is 0 Å². The SMILES string of the molecule is CCCCCCCCCCCCCCCC(CCCCCCCCC)CCCCCCCCC. The molecule has 0 aliphatic carbocycles. The summed E-state index contributed by atoms with van der Waals surface area (Å²) in [4.78, 5) is 0. The zero-order valence-corrected chi connectivity index (χ0v) is 24.8. The molecule has 206 valence electrons. The van der Waals surface area contributed by atoms with Gasteiger partial charge in [0.2, 0.25) is 0 Å². The molecule has 0 aromatic rings. The van der Waals surface area contributed by atoms with Crippen LogP contribution in [0.4, 0.5) is 0 Å². The van der Waals surface area contributed by atoms with Gasteiger partial charge >= 0.3 is 0 Å². The van der Waals surface area contributed by atoms with Crippen LogP contribution in [0.25, 0.3) is 0 Å². The van der Waals surface area contributed by atoms with Crippen LogP contribution in [0.15, 0.2) is 0 Å². The number of hydrogen-bond acceptors (Lipinski definition) is 0. The van der Waals surface area contributed by atoms with E-state index in [1.54, 1.807) is 0 Å². The Morgan fingerprint density at radius 2 is 0.412 bits per heavy atom. The maximum absolute atomic E-state index is 2.32. The first-order valence-corrected chi connectivity index (χ1v) is 16.8. The molecular weight excluding hydrogens is 408 g/mol. The molecule has 34 heavy (non-hydrogen) atoms. The minimum atomic E-state index is 1.04. The summed E-state index contributed by atoms with van der Waals surface area (Å²) in [5.41, 5.74) is 0. The van der Waals surface area contributed by atoms with Crippen LogP contribution in [0.5, 0.6) is 0 Å². The Morgan fingerprint density at radius 1 is 0.235 bits per heavy atom. The molecule has 0 aliphatic heterocycles. The fourth-order valence-electron chi connectivity index (χ4n) is 5.66. The molecule has 0 aromatic heterocycles. The average molecular weight is 479 g/mol. The predicted octanol–water partition coefficient (Wildman–Crippen LogP) is 13.4. The third-order valence-corrected chi connectivity index (χ3v) is 8.15. The van der Waals surface area contributed by atoms with Crippen molar-refractivity contribution >= 4 is 0 Å². The van der Waals surface area contributed by atoms with Gasteiger partial charge in [0.25, 0.3) is 0 Å². The van der Waals surface area contributed by atoms with Crippen LogP contribution in [0.2, 0.25) is 0 Å². The van der Waals surface area contributed by atoms with Crippen molar-refractivity contribution in [2.24, 2.45) is 5.92 Å². The van der Waals surface area contributed by atoms with E-state index < -0.39 is 0 Å². The second-order valence-electron chi connectivity index (χ2n) is 11.7. The molecular formula is C34H70. The third-order valence-electron chi connectivity index (χ3n) is 8.15. The van der Waals surface area contributed by atoms with E-state index in [1.807, 2.05) is 0 Å². The molecule has 0 spiro atoms. The first-order valence-electron chi connectivity index (χ1n) is 16.8. The molecule has 0 fully saturated rings. The summed E-state index contributed by atoms with van der Waals surface area (Å²) in [6.45, 7) is 6.96. The van der Waals surface area contributed by atoms with Crippen LogP contribution in [0.3, 0.4) is 0 Å². The second-order valence-corrected chi connectivity index (χ2v) is 11.7. The quantitative estimate of drug-likeness (QED) is 0.0900. The summed E-state index contributed by atoms with van der Waals surface area (Å²) in [6, 6.07) is 0. The molecule has 0 saturated carbocycles.